The minimum absolute atomic E-state index is 0.0326. The van der Waals surface area contributed by atoms with Gasteiger partial charge in [-0.15, -0.1) is 0 Å². The van der Waals surface area contributed by atoms with Crippen molar-refractivity contribution in [3.8, 4) is 0 Å². The number of ether oxygens (including phenoxy) is 1. The lowest BCUT2D eigenvalue weighted by atomic mass is 9.95. The molecule has 2 aromatic carbocycles. The van der Waals surface area contributed by atoms with Crippen molar-refractivity contribution in [1.29, 1.82) is 0 Å². The van der Waals surface area contributed by atoms with Crippen molar-refractivity contribution in [3.63, 3.8) is 0 Å². The highest BCUT2D eigenvalue weighted by atomic mass is 32.2. The third-order valence-electron chi connectivity index (χ3n) is 5.24. The molecule has 1 aromatic heterocycles. The molecule has 0 bridgehead atoms. The van der Waals surface area contributed by atoms with Gasteiger partial charge in [-0.05, 0) is 35.7 Å². The summed E-state index contributed by atoms with van der Waals surface area (Å²) in [5, 5.41) is 0.165. The summed E-state index contributed by atoms with van der Waals surface area (Å²) >= 11 is 0. The van der Waals surface area contributed by atoms with Gasteiger partial charge in [-0.2, -0.15) is 0 Å². The molecule has 1 aliphatic heterocycles. The summed E-state index contributed by atoms with van der Waals surface area (Å²) in [5.74, 6) is -2.71. The Kier molecular flexibility index (Phi) is 5.47. The third-order valence-corrected chi connectivity index (χ3v) is 5.85. The molecule has 1 amide bonds. The number of hydrogen-bond acceptors (Lipinski definition) is 5. The van der Waals surface area contributed by atoms with Gasteiger partial charge in [-0.1, -0.05) is 6.07 Å². The minimum Gasteiger partial charge on any atom is -0.373 e. The Morgan fingerprint density at radius 1 is 1.19 bits per heavy atom. The van der Waals surface area contributed by atoms with E-state index in [4.69, 9.17) is 4.74 Å². The third kappa shape index (κ3) is 4.08. The lowest BCUT2D eigenvalue weighted by Gasteiger charge is -2.34. The van der Waals surface area contributed by atoms with Gasteiger partial charge in [0.15, 0.2) is 11.6 Å². The Labute approximate surface area is 181 Å². The minimum atomic E-state index is -3.53. The number of pyridine rings is 1. The number of likely N-dealkylation sites (N-methyl/N-ethyl adjacent to an activating group) is 1. The highest BCUT2D eigenvalue weighted by molar-refractivity contribution is 7.92. The Morgan fingerprint density at radius 3 is 2.56 bits per heavy atom. The number of anilines is 1. The number of sulfonamides is 1. The van der Waals surface area contributed by atoms with Gasteiger partial charge < -0.3 is 14.6 Å². The molecule has 3 aromatic rings. The first-order valence-corrected chi connectivity index (χ1v) is 11.4. The monoisotopic (exact) mass is 463 g/mol. The Morgan fingerprint density at radius 2 is 1.88 bits per heavy atom. The molecule has 1 aliphatic rings. The molecule has 0 unspecified atom stereocenters. The van der Waals surface area contributed by atoms with Gasteiger partial charge >= 0.3 is 0 Å². The van der Waals surface area contributed by atoms with E-state index < -0.39 is 39.2 Å². The molecule has 11 heteroatoms. The van der Waals surface area contributed by atoms with Gasteiger partial charge in [-0.3, -0.25) is 14.3 Å². The summed E-state index contributed by atoms with van der Waals surface area (Å²) in [6.45, 7) is 0.114. The van der Waals surface area contributed by atoms with Crippen molar-refractivity contribution in [2.45, 2.75) is 12.6 Å². The van der Waals surface area contributed by atoms with Gasteiger partial charge in [0.2, 0.25) is 10.0 Å². The standard InChI is InChI=1S/C21H19F2N3O5S/c1-26(21(28)11-4-3-5-12(6-11)25-32(2,29)30)18-10-31-9-17-19(18)13-7-15(22)16(23)8-14(13)20(27)24-17/h3-8,18,25H,9-10H2,1-2H3,(H,24,27)/t18-/m1/s1. The van der Waals surface area contributed by atoms with E-state index in [2.05, 4.69) is 9.71 Å². The first-order chi connectivity index (χ1) is 15.0. The summed E-state index contributed by atoms with van der Waals surface area (Å²) < 4.78 is 58.6. The van der Waals surface area contributed by atoms with Crippen LogP contribution in [0.5, 0.6) is 0 Å². The van der Waals surface area contributed by atoms with Crippen molar-refractivity contribution < 1.29 is 26.7 Å². The molecule has 4 rings (SSSR count). The molecule has 1 atom stereocenters. The maximum Gasteiger partial charge on any atom is 0.256 e. The summed E-state index contributed by atoms with van der Waals surface area (Å²) in [6, 6.07) is 7.03. The van der Waals surface area contributed by atoms with Crippen LogP contribution in [0.3, 0.4) is 0 Å². The molecule has 8 nitrogen and oxygen atoms in total. The summed E-state index contributed by atoms with van der Waals surface area (Å²) in [7, 11) is -2.02. The molecule has 0 aliphatic carbocycles. The fourth-order valence-electron chi connectivity index (χ4n) is 3.82. The van der Waals surface area contributed by atoms with Crippen molar-refractivity contribution in [2.75, 3.05) is 24.6 Å². The molecular formula is C21H19F2N3O5S. The van der Waals surface area contributed by atoms with Crippen LogP contribution in [0.15, 0.2) is 41.2 Å². The van der Waals surface area contributed by atoms with E-state index in [1.807, 2.05) is 0 Å². The fourth-order valence-corrected chi connectivity index (χ4v) is 4.38. The van der Waals surface area contributed by atoms with E-state index in [0.29, 0.717) is 11.3 Å². The van der Waals surface area contributed by atoms with Gasteiger partial charge in [0, 0.05) is 29.6 Å². The van der Waals surface area contributed by atoms with Crippen molar-refractivity contribution >= 4 is 32.4 Å². The number of aromatic amines is 1. The molecule has 168 valence electrons. The summed E-state index contributed by atoms with van der Waals surface area (Å²) in [6.07, 6.45) is 0.998. The molecular weight excluding hydrogens is 444 g/mol. The molecule has 0 saturated carbocycles. The number of fused-ring (bicyclic) bond motifs is 3. The van der Waals surface area contributed by atoms with Crippen LogP contribution in [0, 0.1) is 11.6 Å². The average molecular weight is 463 g/mol. The molecule has 0 saturated heterocycles. The zero-order valence-electron chi connectivity index (χ0n) is 17.1. The van der Waals surface area contributed by atoms with Crippen LogP contribution < -0.4 is 10.3 Å². The molecule has 32 heavy (non-hydrogen) atoms. The van der Waals surface area contributed by atoms with E-state index in [1.165, 1.54) is 36.2 Å². The number of benzene rings is 2. The second-order valence-corrected chi connectivity index (χ2v) is 9.31. The van der Waals surface area contributed by atoms with E-state index in [9.17, 15) is 26.8 Å². The van der Waals surface area contributed by atoms with Crippen molar-refractivity contribution in [1.82, 2.24) is 9.88 Å². The van der Waals surface area contributed by atoms with Crippen LogP contribution >= 0.6 is 0 Å². The average Bonchev–Trinajstić information content (AvgIpc) is 2.72. The number of hydrogen-bond donors (Lipinski definition) is 2. The lowest BCUT2D eigenvalue weighted by molar-refractivity contribution is 0.0335. The predicted octanol–water partition coefficient (Wildman–Crippen LogP) is 2.52. The number of nitrogens with one attached hydrogen (secondary N) is 2. The number of carbonyl (C=O) groups is 1. The van der Waals surface area contributed by atoms with E-state index >= 15 is 0 Å². The fraction of sp³-hybridized carbons (Fsp3) is 0.238. The second-order valence-electron chi connectivity index (χ2n) is 7.56. The van der Waals surface area contributed by atoms with Gasteiger partial charge in [-0.25, -0.2) is 17.2 Å². The number of halogens is 2. The molecule has 0 radical (unpaired) electrons. The largest absolute Gasteiger partial charge is 0.373 e. The Hall–Kier alpha value is -3.31. The molecule has 0 fully saturated rings. The lowest BCUT2D eigenvalue weighted by Crippen LogP contribution is -2.37. The number of amides is 1. The van der Waals surface area contributed by atoms with Crippen LogP contribution in [-0.4, -0.2) is 44.1 Å². The topological polar surface area (TPSA) is 109 Å². The first-order valence-electron chi connectivity index (χ1n) is 9.51. The van der Waals surface area contributed by atoms with Crippen molar-refractivity contribution in [3.05, 3.63) is 75.2 Å². The molecule has 2 N–H and O–H groups in total. The summed E-state index contributed by atoms with van der Waals surface area (Å²) in [4.78, 5) is 29.5. The zero-order valence-corrected chi connectivity index (χ0v) is 17.9. The summed E-state index contributed by atoms with van der Waals surface area (Å²) in [5.41, 5.74) is 0.678. The van der Waals surface area contributed by atoms with Gasteiger partial charge in [0.1, 0.15) is 0 Å². The van der Waals surface area contributed by atoms with E-state index in [0.717, 1.165) is 18.4 Å². The Bertz CT molecular complexity index is 1400. The maximum absolute atomic E-state index is 14.0. The Balaban J connectivity index is 1.77. The van der Waals surface area contributed by atoms with Gasteiger partial charge in [0.05, 0.1) is 30.9 Å². The predicted molar refractivity (Wildman–Crippen MR) is 114 cm³/mol. The number of carbonyl (C=O) groups excluding carboxylic acids is 1. The second kappa shape index (κ2) is 7.99. The first kappa shape index (κ1) is 21.9. The van der Waals surface area contributed by atoms with Crippen LogP contribution in [0.1, 0.15) is 27.7 Å². The smallest absolute Gasteiger partial charge is 0.256 e. The highest BCUT2D eigenvalue weighted by Gasteiger charge is 2.31. The number of rotatable bonds is 4. The van der Waals surface area contributed by atoms with Crippen molar-refractivity contribution in [2.24, 2.45) is 0 Å². The number of H-pyrrole nitrogens is 1. The quantitative estimate of drug-likeness (QED) is 0.618. The maximum atomic E-state index is 14.0. The molecule has 2 heterocycles. The molecule has 0 spiro atoms. The van der Waals surface area contributed by atoms with Crippen LogP contribution in [0.4, 0.5) is 14.5 Å². The SMILES string of the molecule is CN(C(=O)c1cccc(NS(C)(=O)=O)c1)[C@@H]1COCc2[nH]c(=O)c3cc(F)c(F)cc3c21. The number of nitrogens with zero attached hydrogens (tertiary/aromatic N) is 1. The van der Waals surface area contributed by atoms with Crippen LogP contribution in [0.2, 0.25) is 0 Å². The number of aromatic nitrogens is 1. The normalized spacial score (nSPS) is 15.9. The van der Waals surface area contributed by atoms with E-state index in [-0.39, 0.29) is 35.2 Å². The van der Waals surface area contributed by atoms with Crippen LogP contribution in [0.25, 0.3) is 10.8 Å². The van der Waals surface area contributed by atoms with Crippen LogP contribution in [-0.2, 0) is 21.4 Å². The zero-order chi connectivity index (χ0) is 23.2. The van der Waals surface area contributed by atoms with E-state index in [1.54, 1.807) is 0 Å². The van der Waals surface area contributed by atoms with Gasteiger partial charge in [0.25, 0.3) is 11.5 Å². The highest BCUT2D eigenvalue weighted by Crippen LogP contribution is 2.34.